The Kier molecular flexibility index (Phi) is 13.7. The fourth-order valence-corrected chi connectivity index (χ4v) is 3.56. The molecule has 0 radical (unpaired) electrons. The Morgan fingerprint density at radius 1 is 0.839 bits per heavy atom. The van der Waals surface area contributed by atoms with Crippen molar-refractivity contribution >= 4 is 11.9 Å². The molecule has 1 rings (SSSR count). The Morgan fingerprint density at radius 3 is 1.74 bits per heavy atom. The molecule has 1 N–H and O–H groups in total. The molecule has 5 heteroatoms. The Labute approximate surface area is 188 Å². The molecular formula is C26H42O5. The van der Waals surface area contributed by atoms with Crippen LogP contribution in [0.1, 0.15) is 84.6 Å². The number of benzene rings is 1. The number of phenolic OH excluding ortho intramolecular Hbond substituents is 1. The number of rotatable bonds is 16. The highest BCUT2D eigenvalue weighted by Gasteiger charge is 2.32. The first-order chi connectivity index (χ1) is 15.0. The maximum atomic E-state index is 12.9. The van der Waals surface area contributed by atoms with Crippen LogP contribution in [0, 0.1) is 17.8 Å². The summed E-state index contributed by atoms with van der Waals surface area (Å²) in [5, 5.41) is 10.1. The predicted molar refractivity (Wildman–Crippen MR) is 124 cm³/mol. The summed E-state index contributed by atoms with van der Waals surface area (Å²) >= 11 is 0. The Bertz CT molecular complexity index is 610. The Hall–Kier alpha value is -2.04. The maximum absolute atomic E-state index is 12.9. The summed E-state index contributed by atoms with van der Waals surface area (Å²) in [6.45, 7) is 9.08. The number of esters is 2. The van der Waals surface area contributed by atoms with Crippen molar-refractivity contribution in [3.05, 3.63) is 29.8 Å². The van der Waals surface area contributed by atoms with E-state index >= 15 is 0 Å². The van der Waals surface area contributed by atoms with E-state index in [1.165, 1.54) is 0 Å². The van der Waals surface area contributed by atoms with Gasteiger partial charge in [-0.3, -0.25) is 9.59 Å². The zero-order valence-corrected chi connectivity index (χ0v) is 19.9. The standard InChI is InChI=1S/C26H42O5/c1-5-9-13-20(7-3)18-30-25(28)23(17-22-15-11-12-16-24(22)27)26(29)31-19-21(8-4)14-10-6-2/h11-12,15-16,20-21,23,27H,5-10,13-14,17-19H2,1-4H3. The Balaban J connectivity index is 2.83. The van der Waals surface area contributed by atoms with Crippen molar-refractivity contribution in [1.82, 2.24) is 0 Å². The van der Waals surface area contributed by atoms with Gasteiger partial charge in [0, 0.05) is 0 Å². The van der Waals surface area contributed by atoms with Gasteiger partial charge in [0.2, 0.25) is 0 Å². The third-order valence-corrected chi connectivity index (χ3v) is 5.99. The molecule has 0 saturated carbocycles. The van der Waals surface area contributed by atoms with E-state index in [2.05, 4.69) is 27.7 Å². The van der Waals surface area contributed by atoms with Crippen molar-refractivity contribution in [3.63, 3.8) is 0 Å². The van der Waals surface area contributed by atoms with Gasteiger partial charge in [-0.15, -0.1) is 0 Å². The van der Waals surface area contributed by atoms with E-state index in [-0.39, 0.29) is 12.2 Å². The highest BCUT2D eigenvalue weighted by Crippen LogP contribution is 2.23. The lowest BCUT2D eigenvalue weighted by atomic mass is 9.97. The number of ether oxygens (including phenoxy) is 2. The summed E-state index contributed by atoms with van der Waals surface area (Å²) in [4.78, 5) is 25.8. The van der Waals surface area contributed by atoms with Gasteiger partial charge >= 0.3 is 11.9 Å². The van der Waals surface area contributed by atoms with Crippen LogP contribution in [0.3, 0.4) is 0 Å². The summed E-state index contributed by atoms with van der Waals surface area (Å²) < 4.78 is 11.1. The van der Waals surface area contributed by atoms with Crippen LogP contribution in [-0.2, 0) is 25.5 Å². The zero-order chi connectivity index (χ0) is 23.1. The van der Waals surface area contributed by atoms with Gasteiger partial charge in [-0.2, -0.15) is 0 Å². The molecule has 0 amide bonds. The van der Waals surface area contributed by atoms with Gasteiger partial charge in [-0.25, -0.2) is 0 Å². The number of phenols is 1. The molecule has 0 fully saturated rings. The molecule has 0 bridgehead atoms. The molecule has 0 spiro atoms. The van der Waals surface area contributed by atoms with Crippen molar-refractivity contribution in [2.75, 3.05) is 13.2 Å². The number of hydrogen-bond donors (Lipinski definition) is 1. The molecule has 1 aromatic carbocycles. The molecule has 2 unspecified atom stereocenters. The molecule has 0 aliphatic carbocycles. The lowest BCUT2D eigenvalue weighted by Crippen LogP contribution is -2.32. The minimum absolute atomic E-state index is 0.0665. The lowest BCUT2D eigenvalue weighted by molar-refractivity contribution is -0.163. The second-order valence-electron chi connectivity index (χ2n) is 8.48. The van der Waals surface area contributed by atoms with E-state index in [0.717, 1.165) is 51.4 Å². The topological polar surface area (TPSA) is 72.8 Å². The smallest absolute Gasteiger partial charge is 0.320 e. The summed E-state index contributed by atoms with van der Waals surface area (Å²) in [5.74, 6) is -1.54. The average Bonchev–Trinajstić information content (AvgIpc) is 2.78. The second-order valence-corrected chi connectivity index (χ2v) is 8.48. The summed E-state index contributed by atoms with van der Waals surface area (Å²) in [5.41, 5.74) is 0.539. The minimum Gasteiger partial charge on any atom is -0.508 e. The molecular weight excluding hydrogens is 392 g/mol. The molecule has 0 saturated heterocycles. The van der Waals surface area contributed by atoms with Gasteiger partial charge in [0.05, 0.1) is 13.2 Å². The fourth-order valence-electron chi connectivity index (χ4n) is 3.56. The highest BCUT2D eigenvalue weighted by atomic mass is 16.6. The van der Waals surface area contributed by atoms with E-state index < -0.39 is 17.9 Å². The third-order valence-electron chi connectivity index (χ3n) is 5.99. The number of para-hydroxylation sites is 1. The molecule has 5 nitrogen and oxygen atoms in total. The Morgan fingerprint density at radius 2 is 1.32 bits per heavy atom. The molecule has 176 valence electrons. The van der Waals surface area contributed by atoms with Gasteiger partial charge in [0.15, 0.2) is 5.92 Å². The van der Waals surface area contributed by atoms with Crippen LogP contribution in [0.4, 0.5) is 0 Å². The van der Waals surface area contributed by atoms with E-state index in [0.29, 0.717) is 30.6 Å². The van der Waals surface area contributed by atoms with Crippen molar-refractivity contribution < 1.29 is 24.2 Å². The molecule has 0 heterocycles. The average molecular weight is 435 g/mol. The van der Waals surface area contributed by atoms with E-state index in [1.54, 1.807) is 24.3 Å². The van der Waals surface area contributed by atoms with Crippen LogP contribution in [0.2, 0.25) is 0 Å². The number of hydrogen-bond acceptors (Lipinski definition) is 5. The first-order valence-electron chi connectivity index (χ1n) is 12.1. The maximum Gasteiger partial charge on any atom is 0.320 e. The quantitative estimate of drug-likeness (QED) is 0.252. The zero-order valence-electron chi connectivity index (χ0n) is 19.9. The van der Waals surface area contributed by atoms with Gasteiger partial charge in [0.1, 0.15) is 5.75 Å². The number of aromatic hydroxyl groups is 1. The van der Waals surface area contributed by atoms with Crippen molar-refractivity contribution in [3.8, 4) is 5.75 Å². The number of carbonyl (C=O) groups excluding carboxylic acids is 2. The lowest BCUT2D eigenvalue weighted by Gasteiger charge is -2.20. The van der Waals surface area contributed by atoms with Crippen LogP contribution in [-0.4, -0.2) is 30.3 Å². The molecule has 1 aromatic rings. The van der Waals surface area contributed by atoms with Crippen LogP contribution < -0.4 is 0 Å². The largest absolute Gasteiger partial charge is 0.508 e. The van der Waals surface area contributed by atoms with Crippen LogP contribution in [0.25, 0.3) is 0 Å². The monoisotopic (exact) mass is 434 g/mol. The molecule has 0 aliphatic heterocycles. The van der Waals surface area contributed by atoms with Crippen molar-refractivity contribution in [2.45, 2.75) is 85.5 Å². The molecule has 0 aromatic heterocycles. The first-order valence-corrected chi connectivity index (χ1v) is 12.1. The van der Waals surface area contributed by atoms with E-state index in [4.69, 9.17) is 9.47 Å². The number of carbonyl (C=O) groups is 2. The van der Waals surface area contributed by atoms with E-state index in [1.807, 2.05) is 0 Å². The van der Waals surface area contributed by atoms with Crippen molar-refractivity contribution in [1.29, 1.82) is 0 Å². The van der Waals surface area contributed by atoms with E-state index in [9.17, 15) is 14.7 Å². The molecule has 2 atom stereocenters. The van der Waals surface area contributed by atoms with Gasteiger partial charge < -0.3 is 14.6 Å². The van der Waals surface area contributed by atoms with Gasteiger partial charge in [-0.05, 0) is 42.7 Å². The predicted octanol–water partition coefficient (Wildman–Crippen LogP) is 6.07. The van der Waals surface area contributed by atoms with Gasteiger partial charge in [0.25, 0.3) is 0 Å². The van der Waals surface area contributed by atoms with Crippen LogP contribution >= 0.6 is 0 Å². The highest BCUT2D eigenvalue weighted by molar-refractivity contribution is 5.95. The van der Waals surface area contributed by atoms with Crippen LogP contribution in [0.5, 0.6) is 5.75 Å². The number of unbranched alkanes of at least 4 members (excludes halogenated alkanes) is 2. The minimum atomic E-state index is -1.07. The van der Waals surface area contributed by atoms with Crippen LogP contribution in [0.15, 0.2) is 24.3 Å². The summed E-state index contributed by atoms with van der Waals surface area (Å²) in [6.07, 6.45) is 8.32. The summed E-state index contributed by atoms with van der Waals surface area (Å²) in [6, 6.07) is 6.76. The summed E-state index contributed by atoms with van der Waals surface area (Å²) in [7, 11) is 0. The molecule has 0 aliphatic rings. The van der Waals surface area contributed by atoms with Crippen molar-refractivity contribution in [2.24, 2.45) is 17.8 Å². The molecule has 31 heavy (non-hydrogen) atoms. The SMILES string of the molecule is CCCCC(CC)COC(=O)C(Cc1ccccc1O)C(=O)OCC(CC)CCCC. The van der Waals surface area contributed by atoms with Gasteiger partial charge in [-0.1, -0.05) is 84.4 Å². The normalized spacial score (nSPS) is 13.9. The fraction of sp³-hybridized carbons (Fsp3) is 0.692. The second kappa shape index (κ2) is 15.7. The first kappa shape index (κ1) is 27.0. The third kappa shape index (κ3) is 10.2.